The van der Waals surface area contributed by atoms with Crippen molar-refractivity contribution in [2.75, 3.05) is 13.7 Å². The number of hydrogen-bond donors (Lipinski definition) is 1. The highest BCUT2D eigenvalue weighted by atomic mass is 16.5. The van der Waals surface area contributed by atoms with Crippen molar-refractivity contribution in [3.8, 4) is 0 Å². The molecular formula is C13H20N2O4. The van der Waals surface area contributed by atoms with Gasteiger partial charge in [-0.05, 0) is 19.3 Å². The first-order valence-corrected chi connectivity index (χ1v) is 6.78. The number of rotatable bonds is 4. The van der Waals surface area contributed by atoms with Crippen LogP contribution < -0.4 is 5.32 Å². The molecule has 0 unspecified atom stereocenters. The Balaban J connectivity index is 2.04. The van der Waals surface area contributed by atoms with Gasteiger partial charge in [-0.3, -0.25) is 14.4 Å². The average molecular weight is 268 g/mol. The van der Waals surface area contributed by atoms with E-state index in [1.807, 2.05) is 0 Å². The Morgan fingerprint density at radius 1 is 1.32 bits per heavy atom. The number of methoxy groups -OCH3 is 1. The number of hydrogen-bond acceptors (Lipinski definition) is 4. The summed E-state index contributed by atoms with van der Waals surface area (Å²) in [5.41, 5.74) is 0. The molecule has 0 aromatic carbocycles. The molecule has 0 radical (unpaired) electrons. The maximum absolute atomic E-state index is 12.4. The lowest BCUT2D eigenvalue weighted by molar-refractivity contribution is -0.149. The van der Waals surface area contributed by atoms with E-state index in [0.717, 1.165) is 25.7 Å². The first-order chi connectivity index (χ1) is 9.11. The summed E-state index contributed by atoms with van der Waals surface area (Å²) in [6.45, 7) is -0.0215. The van der Waals surface area contributed by atoms with E-state index in [9.17, 15) is 14.4 Å². The fourth-order valence-corrected chi connectivity index (χ4v) is 2.81. The lowest BCUT2D eigenvalue weighted by Crippen LogP contribution is -2.50. The molecular weight excluding hydrogens is 248 g/mol. The monoisotopic (exact) mass is 268 g/mol. The summed E-state index contributed by atoms with van der Waals surface area (Å²) in [6, 6.07) is -0.373. The van der Waals surface area contributed by atoms with Crippen molar-refractivity contribution in [2.24, 2.45) is 0 Å². The molecule has 1 saturated heterocycles. The molecule has 6 nitrogen and oxygen atoms in total. The number of amides is 2. The third-order valence-corrected chi connectivity index (χ3v) is 3.87. The molecule has 0 aromatic rings. The quantitative estimate of drug-likeness (QED) is 0.739. The second-order valence-electron chi connectivity index (χ2n) is 5.14. The van der Waals surface area contributed by atoms with Gasteiger partial charge < -0.3 is 15.0 Å². The van der Waals surface area contributed by atoms with Crippen LogP contribution in [0.1, 0.15) is 38.5 Å². The van der Waals surface area contributed by atoms with Gasteiger partial charge in [-0.2, -0.15) is 0 Å². The van der Waals surface area contributed by atoms with Gasteiger partial charge >= 0.3 is 5.97 Å². The number of nitrogens with one attached hydrogen (secondary N) is 1. The molecule has 19 heavy (non-hydrogen) atoms. The maximum atomic E-state index is 12.4. The van der Waals surface area contributed by atoms with Crippen LogP contribution in [-0.4, -0.2) is 48.4 Å². The van der Waals surface area contributed by atoms with Gasteiger partial charge in [0.2, 0.25) is 11.8 Å². The molecule has 0 spiro atoms. The zero-order valence-electron chi connectivity index (χ0n) is 11.2. The molecule has 1 aliphatic heterocycles. The van der Waals surface area contributed by atoms with Gasteiger partial charge in [0, 0.05) is 12.5 Å². The van der Waals surface area contributed by atoms with Crippen LogP contribution in [0.3, 0.4) is 0 Å². The van der Waals surface area contributed by atoms with Crippen molar-refractivity contribution in [3.05, 3.63) is 0 Å². The summed E-state index contributed by atoms with van der Waals surface area (Å²) in [7, 11) is 1.32. The van der Waals surface area contributed by atoms with Crippen molar-refractivity contribution in [1.82, 2.24) is 10.2 Å². The minimum atomic E-state index is -0.474. The number of carbonyl (C=O) groups excluding carboxylic acids is 3. The smallest absolute Gasteiger partial charge is 0.325 e. The zero-order valence-corrected chi connectivity index (χ0v) is 11.2. The molecule has 1 aliphatic carbocycles. The van der Waals surface area contributed by atoms with Gasteiger partial charge in [0.15, 0.2) is 0 Å². The van der Waals surface area contributed by atoms with Crippen molar-refractivity contribution in [3.63, 3.8) is 0 Å². The van der Waals surface area contributed by atoms with Gasteiger partial charge in [-0.25, -0.2) is 0 Å². The highest BCUT2D eigenvalue weighted by Gasteiger charge is 2.35. The normalized spacial score (nSPS) is 23.2. The zero-order chi connectivity index (χ0) is 13.8. The average Bonchev–Trinajstić information content (AvgIpc) is 3.05. The van der Waals surface area contributed by atoms with Crippen LogP contribution in [0.15, 0.2) is 0 Å². The lowest BCUT2D eigenvalue weighted by atomic mass is 10.1. The van der Waals surface area contributed by atoms with E-state index in [-0.39, 0.29) is 24.4 Å². The standard InChI is InChI=1S/C13H20N2O4/c1-19-12(17)8-15(9-4-2-3-5-9)13(18)10-6-7-11(16)14-10/h9-10H,2-8H2,1H3,(H,14,16)/t10-/m0/s1. The molecule has 2 aliphatic rings. The highest BCUT2D eigenvalue weighted by molar-refractivity contribution is 5.92. The van der Waals surface area contributed by atoms with Crippen LogP contribution in [0.25, 0.3) is 0 Å². The first-order valence-electron chi connectivity index (χ1n) is 6.78. The van der Waals surface area contributed by atoms with E-state index in [1.165, 1.54) is 7.11 Å². The van der Waals surface area contributed by atoms with Gasteiger partial charge in [-0.1, -0.05) is 12.8 Å². The van der Waals surface area contributed by atoms with E-state index in [0.29, 0.717) is 12.8 Å². The van der Waals surface area contributed by atoms with Crippen LogP contribution in [0.2, 0.25) is 0 Å². The molecule has 2 rings (SSSR count). The van der Waals surface area contributed by atoms with Crippen LogP contribution in [0.5, 0.6) is 0 Å². The van der Waals surface area contributed by atoms with Crippen LogP contribution in [0, 0.1) is 0 Å². The second-order valence-corrected chi connectivity index (χ2v) is 5.14. The molecule has 2 fully saturated rings. The molecule has 0 bridgehead atoms. The summed E-state index contributed by atoms with van der Waals surface area (Å²) in [6.07, 6.45) is 4.89. The minimum absolute atomic E-state index is 0.0215. The third-order valence-electron chi connectivity index (χ3n) is 3.87. The Morgan fingerprint density at radius 3 is 2.53 bits per heavy atom. The van der Waals surface area contributed by atoms with Gasteiger partial charge in [-0.15, -0.1) is 0 Å². The maximum Gasteiger partial charge on any atom is 0.325 e. The molecule has 1 heterocycles. The van der Waals surface area contributed by atoms with E-state index in [1.54, 1.807) is 4.90 Å². The van der Waals surface area contributed by atoms with E-state index >= 15 is 0 Å². The molecule has 106 valence electrons. The van der Waals surface area contributed by atoms with Gasteiger partial charge in [0.25, 0.3) is 0 Å². The molecule has 2 amide bonds. The van der Waals surface area contributed by atoms with Crippen molar-refractivity contribution in [2.45, 2.75) is 50.6 Å². The number of esters is 1. The van der Waals surface area contributed by atoms with E-state index in [4.69, 9.17) is 0 Å². The van der Waals surface area contributed by atoms with E-state index in [2.05, 4.69) is 10.1 Å². The van der Waals surface area contributed by atoms with Crippen LogP contribution in [0.4, 0.5) is 0 Å². The Morgan fingerprint density at radius 2 is 2.00 bits per heavy atom. The third kappa shape index (κ3) is 3.24. The van der Waals surface area contributed by atoms with Crippen molar-refractivity contribution < 1.29 is 19.1 Å². The Hall–Kier alpha value is -1.59. The topological polar surface area (TPSA) is 75.7 Å². The summed E-state index contributed by atoms with van der Waals surface area (Å²) < 4.78 is 4.65. The first kappa shape index (κ1) is 13.8. The highest BCUT2D eigenvalue weighted by Crippen LogP contribution is 2.25. The molecule has 1 saturated carbocycles. The van der Waals surface area contributed by atoms with E-state index < -0.39 is 12.0 Å². The lowest BCUT2D eigenvalue weighted by Gasteiger charge is -2.30. The SMILES string of the molecule is COC(=O)CN(C(=O)[C@@H]1CCC(=O)N1)C1CCCC1. The second kappa shape index (κ2) is 6.04. The predicted molar refractivity (Wildman–Crippen MR) is 67.1 cm³/mol. The summed E-state index contributed by atoms with van der Waals surface area (Å²) in [5.74, 6) is -0.657. The Labute approximate surface area is 112 Å². The van der Waals surface area contributed by atoms with Gasteiger partial charge in [0.1, 0.15) is 12.6 Å². The Bertz CT molecular complexity index is 377. The largest absolute Gasteiger partial charge is 0.468 e. The number of carbonyl (C=O) groups is 3. The van der Waals surface area contributed by atoms with Crippen LogP contribution in [-0.2, 0) is 19.1 Å². The fraction of sp³-hybridized carbons (Fsp3) is 0.769. The predicted octanol–water partition coefficient (Wildman–Crippen LogP) is 0.209. The summed E-state index contributed by atoms with van der Waals surface area (Å²) >= 11 is 0. The molecule has 6 heteroatoms. The molecule has 1 atom stereocenters. The minimum Gasteiger partial charge on any atom is -0.468 e. The number of nitrogens with zero attached hydrogens (tertiary/aromatic N) is 1. The number of ether oxygens (including phenoxy) is 1. The molecule has 0 aromatic heterocycles. The van der Waals surface area contributed by atoms with Gasteiger partial charge in [0.05, 0.1) is 7.11 Å². The summed E-state index contributed by atoms with van der Waals surface area (Å²) in [4.78, 5) is 36.7. The fourth-order valence-electron chi connectivity index (χ4n) is 2.81. The van der Waals surface area contributed by atoms with Crippen molar-refractivity contribution >= 4 is 17.8 Å². The Kier molecular flexibility index (Phi) is 4.39. The summed E-state index contributed by atoms with van der Waals surface area (Å²) in [5, 5.41) is 2.67. The van der Waals surface area contributed by atoms with Crippen LogP contribution >= 0.6 is 0 Å². The van der Waals surface area contributed by atoms with Crippen molar-refractivity contribution in [1.29, 1.82) is 0 Å². The molecule has 1 N–H and O–H groups in total.